The molecule has 1 aliphatic carbocycles. The maximum Gasteiger partial charge on any atom is 0.309 e. The number of ether oxygens (including phenoxy) is 1. The molecule has 0 aliphatic heterocycles. The number of esters is 1. The fourth-order valence-electron chi connectivity index (χ4n) is 2.19. The number of rotatable bonds is 5. The second kappa shape index (κ2) is 6.26. The number of aliphatic hydroxyl groups excluding tert-OH is 2. The minimum atomic E-state index is -1.61. The van der Waals surface area contributed by atoms with Gasteiger partial charge in [-0.2, -0.15) is 0 Å². The van der Waals surface area contributed by atoms with Crippen LogP contribution >= 0.6 is 0 Å². The molecular formula is C12H21NO5. The number of aliphatic hydroxyl groups is 3. The normalized spacial score (nSPS) is 33.8. The van der Waals surface area contributed by atoms with Gasteiger partial charge in [-0.05, 0) is 26.0 Å². The maximum absolute atomic E-state index is 11.6. The molecule has 0 aromatic carbocycles. The zero-order valence-corrected chi connectivity index (χ0v) is 10.5. The molecule has 0 bridgehead atoms. The van der Waals surface area contributed by atoms with E-state index in [2.05, 4.69) is 0 Å². The van der Waals surface area contributed by atoms with Crippen LogP contribution in [0.5, 0.6) is 0 Å². The van der Waals surface area contributed by atoms with Gasteiger partial charge in [-0.3, -0.25) is 4.79 Å². The van der Waals surface area contributed by atoms with Gasteiger partial charge in [0, 0.05) is 12.8 Å². The second-order valence-corrected chi connectivity index (χ2v) is 4.97. The van der Waals surface area contributed by atoms with E-state index in [0.29, 0.717) is 12.8 Å². The summed E-state index contributed by atoms with van der Waals surface area (Å²) in [6.45, 7) is 1.65. The standard InChI is InChI=1S/C12H21NO5/c1-8(4-5-13)18-11(16)7-12(17)6-9(14)2-3-10(12)15/h5,8-10,13-15,17H,2-4,6-7H2,1H3/t8-,9-,10-,12-/m1/s1. The van der Waals surface area contributed by atoms with Crippen LogP contribution in [0.3, 0.4) is 0 Å². The zero-order chi connectivity index (χ0) is 13.8. The number of nitrogens with one attached hydrogen (secondary N) is 1. The molecule has 1 aliphatic rings. The molecule has 0 aromatic rings. The van der Waals surface area contributed by atoms with Gasteiger partial charge in [-0.15, -0.1) is 0 Å². The van der Waals surface area contributed by atoms with Gasteiger partial charge < -0.3 is 25.5 Å². The first kappa shape index (κ1) is 15.1. The quantitative estimate of drug-likeness (QED) is 0.410. The lowest BCUT2D eigenvalue weighted by atomic mass is 9.78. The molecule has 0 aromatic heterocycles. The molecule has 0 radical (unpaired) electrons. The molecule has 0 spiro atoms. The van der Waals surface area contributed by atoms with E-state index in [4.69, 9.17) is 10.1 Å². The number of hydrogen-bond donors (Lipinski definition) is 4. The lowest BCUT2D eigenvalue weighted by molar-refractivity contribution is -0.169. The van der Waals surface area contributed by atoms with Crippen LogP contribution in [0.1, 0.15) is 39.0 Å². The summed E-state index contributed by atoms with van der Waals surface area (Å²) in [5.41, 5.74) is -1.61. The van der Waals surface area contributed by atoms with Crippen molar-refractivity contribution in [1.29, 1.82) is 5.41 Å². The van der Waals surface area contributed by atoms with Crippen LogP contribution in [0, 0.1) is 5.41 Å². The average Bonchev–Trinajstić information content (AvgIpc) is 2.23. The van der Waals surface area contributed by atoms with Crippen molar-refractivity contribution in [3.63, 3.8) is 0 Å². The zero-order valence-electron chi connectivity index (χ0n) is 10.5. The fraction of sp³-hybridized carbons (Fsp3) is 0.833. The summed E-state index contributed by atoms with van der Waals surface area (Å²) in [4.78, 5) is 11.6. The molecule has 6 heteroatoms. The monoisotopic (exact) mass is 259 g/mol. The molecule has 0 amide bonds. The van der Waals surface area contributed by atoms with E-state index < -0.39 is 29.9 Å². The van der Waals surface area contributed by atoms with Crippen molar-refractivity contribution in [2.75, 3.05) is 0 Å². The van der Waals surface area contributed by atoms with Gasteiger partial charge >= 0.3 is 5.97 Å². The lowest BCUT2D eigenvalue weighted by Crippen LogP contribution is -2.50. The average molecular weight is 259 g/mol. The van der Waals surface area contributed by atoms with Gasteiger partial charge in [0.25, 0.3) is 0 Å². The molecule has 104 valence electrons. The van der Waals surface area contributed by atoms with Crippen molar-refractivity contribution in [3.05, 3.63) is 0 Å². The van der Waals surface area contributed by atoms with E-state index in [-0.39, 0.29) is 19.3 Å². The van der Waals surface area contributed by atoms with Crippen LogP contribution in [-0.4, -0.2) is 51.4 Å². The van der Waals surface area contributed by atoms with Gasteiger partial charge in [-0.1, -0.05) is 0 Å². The summed E-state index contributed by atoms with van der Waals surface area (Å²) in [5, 5.41) is 36.3. The van der Waals surface area contributed by atoms with Crippen molar-refractivity contribution in [3.8, 4) is 0 Å². The van der Waals surface area contributed by atoms with E-state index in [1.807, 2.05) is 0 Å². The summed E-state index contributed by atoms with van der Waals surface area (Å²) in [6, 6.07) is 0. The summed E-state index contributed by atoms with van der Waals surface area (Å²) in [7, 11) is 0. The maximum atomic E-state index is 11.6. The highest BCUT2D eigenvalue weighted by Crippen LogP contribution is 2.32. The van der Waals surface area contributed by atoms with Gasteiger partial charge in [-0.25, -0.2) is 0 Å². The highest BCUT2D eigenvalue weighted by molar-refractivity contribution is 5.71. The van der Waals surface area contributed by atoms with Crippen LogP contribution in [0.25, 0.3) is 0 Å². The second-order valence-electron chi connectivity index (χ2n) is 4.97. The van der Waals surface area contributed by atoms with Crippen LogP contribution < -0.4 is 0 Å². The highest BCUT2D eigenvalue weighted by Gasteiger charge is 2.43. The smallest absolute Gasteiger partial charge is 0.309 e. The van der Waals surface area contributed by atoms with Crippen LogP contribution in [0.2, 0.25) is 0 Å². The molecule has 1 rings (SSSR count). The Kier molecular flexibility index (Phi) is 5.25. The Hall–Kier alpha value is -0.980. The van der Waals surface area contributed by atoms with Crippen molar-refractivity contribution in [2.45, 2.75) is 62.9 Å². The largest absolute Gasteiger partial charge is 0.462 e. The van der Waals surface area contributed by atoms with Crippen molar-refractivity contribution >= 4 is 12.2 Å². The Morgan fingerprint density at radius 3 is 2.83 bits per heavy atom. The van der Waals surface area contributed by atoms with Gasteiger partial charge in [0.1, 0.15) is 11.7 Å². The van der Waals surface area contributed by atoms with E-state index >= 15 is 0 Å². The number of carbonyl (C=O) groups excluding carboxylic acids is 1. The molecule has 4 atom stereocenters. The Morgan fingerprint density at radius 2 is 2.22 bits per heavy atom. The molecule has 6 nitrogen and oxygen atoms in total. The number of carbonyl (C=O) groups is 1. The molecular weight excluding hydrogens is 238 g/mol. The molecule has 1 fully saturated rings. The SMILES string of the molecule is C[C@H](CC=N)OC(=O)C[C@]1(O)C[C@H](O)CC[C@H]1O. The number of hydrogen-bond acceptors (Lipinski definition) is 6. The molecule has 0 saturated heterocycles. The molecule has 1 saturated carbocycles. The highest BCUT2D eigenvalue weighted by atomic mass is 16.5. The molecule has 0 unspecified atom stereocenters. The van der Waals surface area contributed by atoms with E-state index in [9.17, 15) is 20.1 Å². The molecule has 0 heterocycles. The molecule has 18 heavy (non-hydrogen) atoms. The summed E-state index contributed by atoms with van der Waals surface area (Å²) < 4.78 is 5.00. The first-order valence-electron chi connectivity index (χ1n) is 6.14. The predicted octanol–water partition coefficient (Wildman–Crippen LogP) is -0.0153. The minimum Gasteiger partial charge on any atom is -0.462 e. The van der Waals surface area contributed by atoms with Gasteiger partial charge in [0.05, 0.1) is 18.6 Å². The van der Waals surface area contributed by atoms with E-state index in [1.165, 1.54) is 0 Å². The van der Waals surface area contributed by atoms with Gasteiger partial charge in [0.15, 0.2) is 0 Å². The summed E-state index contributed by atoms with van der Waals surface area (Å²) >= 11 is 0. The minimum absolute atomic E-state index is 0.0256. The van der Waals surface area contributed by atoms with Crippen LogP contribution in [0.15, 0.2) is 0 Å². The Labute approximate surface area is 106 Å². The lowest BCUT2D eigenvalue weighted by Gasteiger charge is -2.38. The Bertz CT molecular complexity index is 309. The van der Waals surface area contributed by atoms with Crippen LogP contribution in [-0.2, 0) is 9.53 Å². The predicted molar refractivity (Wildman–Crippen MR) is 64.4 cm³/mol. The summed E-state index contributed by atoms with van der Waals surface area (Å²) in [5.74, 6) is -0.625. The first-order chi connectivity index (χ1) is 8.37. The van der Waals surface area contributed by atoms with E-state index in [0.717, 1.165) is 6.21 Å². The van der Waals surface area contributed by atoms with Crippen LogP contribution in [0.4, 0.5) is 0 Å². The fourth-order valence-corrected chi connectivity index (χ4v) is 2.19. The van der Waals surface area contributed by atoms with E-state index in [1.54, 1.807) is 6.92 Å². The third-order valence-corrected chi connectivity index (χ3v) is 3.22. The molecule has 4 N–H and O–H groups in total. The van der Waals surface area contributed by atoms with Crippen molar-refractivity contribution < 1.29 is 24.9 Å². The summed E-state index contributed by atoms with van der Waals surface area (Å²) in [6.07, 6.45) is -0.373. The van der Waals surface area contributed by atoms with Crippen molar-refractivity contribution in [1.82, 2.24) is 0 Å². The Morgan fingerprint density at radius 1 is 1.56 bits per heavy atom. The Balaban J connectivity index is 2.53. The first-order valence-corrected chi connectivity index (χ1v) is 6.14. The third kappa shape index (κ3) is 4.04. The van der Waals surface area contributed by atoms with Gasteiger partial charge in [0.2, 0.25) is 0 Å². The van der Waals surface area contributed by atoms with Crippen molar-refractivity contribution in [2.24, 2.45) is 0 Å². The third-order valence-electron chi connectivity index (χ3n) is 3.22. The topological polar surface area (TPSA) is 111 Å².